The number of carbonyl (C=O) groups excluding carboxylic acids is 1. The van der Waals surface area contributed by atoms with Crippen LogP contribution in [0.15, 0.2) is 48.5 Å². The fourth-order valence-electron chi connectivity index (χ4n) is 3.56. The van der Waals surface area contributed by atoms with Crippen molar-refractivity contribution in [2.45, 2.75) is 12.5 Å². The van der Waals surface area contributed by atoms with Gasteiger partial charge in [0.05, 0.1) is 6.04 Å². The molecule has 124 valence electrons. The summed E-state index contributed by atoms with van der Waals surface area (Å²) in [4.78, 5) is 16.7. The molecule has 2 aromatic carbocycles. The first-order valence-electron chi connectivity index (χ1n) is 8.21. The summed E-state index contributed by atoms with van der Waals surface area (Å²) in [5.41, 5.74) is 2.66. The number of hydrogen-bond acceptors (Lipinski definition) is 3. The van der Waals surface area contributed by atoms with Gasteiger partial charge in [0, 0.05) is 25.3 Å². The van der Waals surface area contributed by atoms with Crippen LogP contribution in [0.1, 0.15) is 5.56 Å². The smallest absolute Gasteiger partial charge is 0.260 e. The predicted octanol–water partition coefficient (Wildman–Crippen LogP) is 2.48. The zero-order chi connectivity index (χ0) is 16.5. The molecule has 0 aliphatic carbocycles. The van der Waals surface area contributed by atoms with E-state index in [9.17, 15) is 9.18 Å². The molecule has 2 aromatic rings. The van der Waals surface area contributed by atoms with E-state index in [2.05, 4.69) is 29.2 Å². The number of rotatable bonds is 3. The Kier molecular flexibility index (Phi) is 3.84. The maximum atomic E-state index is 12.9. The Morgan fingerprint density at radius 3 is 2.75 bits per heavy atom. The van der Waals surface area contributed by atoms with Gasteiger partial charge in [0.2, 0.25) is 0 Å². The van der Waals surface area contributed by atoms with Gasteiger partial charge in [-0.25, -0.2) is 4.39 Å². The summed E-state index contributed by atoms with van der Waals surface area (Å²) < 4.78 is 18.4. The second-order valence-corrected chi connectivity index (χ2v) is 6.26. The zero-order valence-electron chi connectivity index (χ0n) is 13.3. The highest BCUT2D eigenvalue weighted by molar-refractivity contribution is 5.78. The average molecular weight is 326 g/mol. The molecule has 1 fully saturated rings. The summed E-state index contributed by atoms with van der Waals surface area (Å²) in [7, 11) is 0. The third-order valence-corrected chi connectivity index (χ3v) is 4.77. The van der Waals surface area contributed by atoms with Gasteiger partial charge >= 0.3 is 0 Å². The van der Waals surface area contributed by atoms with Crippen molar-refractivity contribution in [3.63, 3.8) is 0 Å². The highest BCUT2D eigenvalue weighted by atomic mass is 19.1. The molecule has 4 rings (SSSR count). The number of nitrogens with zero attached hydrogens (tertiary/aromatic N) is 2. The van der Waals surface area contributed by atoms with E-state index >= 15 is 0 Å². The number of halogens is 1. The Morgan fingerprint density at radius 1 is 1.12 bits per heavy atom. The molecule has 5 heteroatoms. The number of piperazine rings is 1. The van der Waals surface area contributed by atoms with Crippen molar-refractivity contribution in [3.05, 3.63) is 59.9 Å². The summed E-state index contributed by atoms with van der Waals surface area (Å²) in [5, 5.41) is 0. The lowest BCUT2D eigenvalue weighted by atomic mass is 10.1. The number of fused-ring (bicyclic) bond motifs is 3. The van der Waals surface area contributed by atoms with Crippen molar-refractivity contribution in [1.82, 2.24) is 4.90 Å². The Labute approximate surface area is 140 Å². The van der Waals surface area contributed by atoms with E-state index in [1.165, 1.54) is 35.5 Å². The number of ether oxygens (including phenoxy) is 1. The fraction of sp³-hybridized carbons (Fsp3) is 0.316. The summed E-state index contributed by atoms with van der Waals surface area (Å²) in [5.74, 6) is 0.178. The highest BCUT2D eigenvalue weighted by Gasteiger charge is 2.35. The minimum absolute atomic E-state index is 0.00863. The van der Waals surface area contributed by atoms with Crippen LogP contribution in [-0.2, 0) is 11.2 Å². The van der Waals surface area contributed by atoms with E-state index < -0.39 is 0 Å². The van der Waals surface area contributed by atoms with Crippen LogP contribution in [0.3, 0.4) is 0 Å². The molecule has 1 unspecified atom stereocenters. The van der Waals surface area contributed by atoms with Gasteiger partial charge in [-0.15, -0.1) is 0 Å². The summed E-state index contributed by atoms with van der Waals surface area (Å²) in [6.45, 7) is 2.27. The van der Waals surface area contributed by atoms with Crippen molar-refractivity contribution in [1.29, 1.82) is 0 Å². The van der Waals surface area contributed by atoms with Crippen LogP contribution in [0.25, 0.3) is 0 Å². The van der Waals surface area contributed by atoms with Crippen LogP contribution in [0, 0.1) is 5.82 Å². The molecule has 0 N–H and O–H groups in total. The minimum atomic E-state index is -0.314. The van der Waals surface area contributed by atoms with Crippen molar-refractivity contribution in [2.75, 3.05) is 31.1 Å². The van der Waals surface area contributed by atoms with Gasteiger partial charge in [0.25, 0.3) is 5.91 Å². The van der Waals surface area contributed by atoms with Gasteiger partial charge in [-0.05, 0) is 42.3 Å². The van der Waals surface area contributed by atoms with Gasteiger partial charge in [0.1, 0.15) is 11.6 Å². The van der Waals surface area contributed by atoms with Crippen molar-refractivity contribution >= 4 is 11.6 Å². The summed E-state index contributed by atoms with van der Waals surface area (Å²) in [6, 6.07) is 14.5. The van der Waals surface area contributed by atoms with Gasteiger partial charge in [-0.3, -0.25) is 4.79 Å². The topological polar surface area (TPSA) is 32.8 Å². The molecule has 0 aromatic heterocycles. The lowest BCUT2D eigenvalue weighted by Gasteiger charge is -2.39. The number of carbonyl (C=O) groups is 1. The largest absolute Gasteiger partial charge is 0.484 e. The first kappa shape index (κ1) is 15.0. The second-order valence-electron chi connectivity index (χ2n) is 6.26. The molecule has 0 spiro atoms. The zero-order valence-corrected chi connectivity index (χ0v) is 13.3. The molecular formula is C19H19FN2O2. The first-order valence-corrected chi connectivity index (χ1v) is 8.21. The van der Waals surface area contributed by atoms with E-state index in [-0.39, 0.29) is 18.3 Å². The van der Waals surface area contributed by atoms with Crippen LogP contribution in [0.2, 0.25) is 0 Å². The molecule has 24 heavy (non-hydrogen) atoms. The van der Waals surface area contributed by atoms with E-state index in [0.29, 0.717) is 18.3 Å². The number of amides is 1. The van der Waals surface area contributed by atoms with Gasteiger partial charge < -0.3 is 14.5 Å². The van der Waals surface area contributed by atoms with Crippen LogP contribution < -0.4 is 9.64 Å². The molecule has 0 bridgehead atoms. The highest BCUT2D eigenvalue weighted by Crippen LogP contribution is 2.33. The van der Waals surface area contributed by atoms with E-state index in [1.807, 2.05) is 4.90 Å². The van der Waals surface area contributed by atoms with Crippen molar-refractivity contribution in [3.8, 4) is 5.75 Å². The summed E-state index contributed by atoms with van der Waals surface area (Å²) >= 11 is 0. The molecule has 2 aliphatic heterocycles. The molecule has 2 aliphatic rings. The van der Waals surface area contributed by atoms with Crippen molar-refractivity contribution < 1.29 is 13.9 Å². The van der Waals surface area contributed by atoms with E-state index in [0.717, 1.165) is 19.5 Å². The third kappa shape index (κ3) is 2.82. The molecule has 1 atom stereocenters. The first-order chi connectivity index (χ1) is 11.7. The third-order valence-electron chi connectivity index (χ3n) is 4.77. The quantitative estimate of drug-likeness (QED) is 0.869. The van der Waals surface area contributed by atoms with E-state index in [1.54, 1.807) is 0 Å². The molecule has 0 radical (unpaired) electrons. The Hall–Kier alpha value is -2.56. The SMILES string of the molecule is O=C(COc1ccc(F)cc1)N1CCN2c3ccccc3CC2C1. The molecule has 4 nitrogen and oxygen atoms in total. The molecule has 2 heterocycles. The Balaban J connectivity index is 1.35. The van der Waals surface area contributed by atoms with Gasteiger partial charge in [0.15, 0.2) is 6.61 Å². The van der Waals surface area contributed by atoms with E-state index in [4.69, 9.17) is 4.74 Å². The number of para-hydroxylation sites is 1. The Bertz CT molecular complexity index is 747. The number of hydrogen-bond donors (Lipinski definition) is 0. The lowest BCUT2D eigenvalue weighted by molar-refractivity contribution is -0.134. The minimum Gasteiger partial charge on any atom is -0.484 e. The fourth-order valence-corrected chi connectivity index (χ4v) is 3.56. The maximum Gasteiger partial charge on any atom is 0.260 e. The predicted molar refractivity (Wildman–Crippen MR) is 89.8 cm³/mol. The standard InChI is InChI=1S/C19H19FN2O2/c20-15-5-7-17(8-6-15)24-13-19(23)21-9-10-22-16(12-21)11-14-3-1-2-4-18(14)22/h1-8,16H,9-13H2. The molecular weight excluding hydrogens is 307 g/mol. The van der Waals surface area contributed by atoms with Crippen LogP contribution >= 0.6 is 0 Å². The van der Waals surface area contributed by atoms with Crippen molar-refractivity contribution in [2.24, 2.45) is 0 Å². The van der Waals surface area contributed by atoms with Crippen LogP contribution in [0.4, 0.5) is 10.1 Å². The molecule has 1 saturated heterocycles. The Morgan fingerprint density at radius 2 is 1.92 bits per heavy atom. The summed E-state index contributed by atoms with van der Waals surface area (Å²) in [6.07, 6.45) is 0.985. The average Bonchev–Trinajstić information content (AvgIpc) is 2.98. The van der Waals surface area contributed by atoms with Crippen LogP contribution in [-0.4, -0.2) is 43.1 Å². The monoisotopic (exact) mass is 326 g/mol. The van der Waals surface area contributed by atoms with Gasteiger partial charge in [-0.2, -0.15) is 0 Å². The number of benzene rings is 2. The lowest BCUT2D eigenvalue weighted by Crippen LogP contribution is -2.54. The maximum absolute atomic E-state index is 12.9. The number of anilines is 1. The molecule has 1 amide bonds. The van der Waals surface area contributed by atoms with Crippen LogP contribution in [0.5, 0.6) is 5.75 Å². The second kappa shape index (κ2) is 6.15. The normalized spacial score (nSPS) is 19.0. The van der Waals surface area contributed by atoms with Gasteiger partial charge in [-0.1, -0.05) is 18.2 Å². The molecule has 0 saturated carbocycles.